The highest BCUT2D eigenvalue weighted by Crippen LogP contribution is 2.25. The molecule has 1 amide bonds. The van der Waals surface area contributed by atoms with Gasteiger partial charge in [-0.1, -0.05) is 36.0 Å². The average Bonchev–Trinajstić information content (AvgIpc) is 3.25. The molecule has 7 heteroatoms. The number of aromatic nitrogens is 3. The molecule has 2 aromatic heterocycles. The number of amides is 1. The van der Waals surface area contributed by atoms with Crippen LogP contribution in [0, 0.1) is 0 Å². The van der Waals surface area contributed by atoms with Crippen LogP contribution in [-0.2, 0) is 17.9 Å². The largest absolute Gasteiger partial charge is 0.338 e. The van der Waals surface area contributed by atoms with Crippen LogP contribution in [0.5, 0.6) is 0 Å². The molecule has 4 rings (SSSR count). The molecule has 0 saturated carbocycles. The van der Waals surface area contributed by atoms with Crippen molar-refractivity contribution in [2.24, 2.45) is 0 Å². The van der Waals surface area contributed by atoms with Crippen LogP contribution in [0.2, 0.25) is 0 Å². The van der Waals surface area contributed by atoms with E-state index in [4.69, 9.17) is 0 Å². The van der Waals surface area contributed by atoms with E-state index in [9.17, 15) is 4.79 Å². The van der Waals surface area contributed by atoms with Crippen LogP contribution in [-0.4, -0.2) is 38.1 Å². The number of benzene rings is 2. The van der Waals surface area contributed by atoms with Crippen LogP contribution in [0.3, 0.4) is 0 Å². The van der Waals surface area contributed by atoms with Crippen LogP contribution < -0.4 is 0 Å². The van der Waals surface area contributed by atoms with E-state index >= 15 is 0 Å². The number of fused-ring (bicyclic) bond motifs is 2. The number of carbonyl (C=O) groups excluding carboxylic acids is 1. The Morgan fingerprint density at radius 2 is 1.85 bits per heavy atom. The van der Waals surface area contributed by atoms with E-state index in [1.54, 1.807) is 16.2 Å². The second-order valence-corrected chi connectivity index (χ2v) is 8.30. The monoisotopic (exact) mass is 396 g/mol. The third-order valence-corrected chi connectivity index (χ3v) is 6.38. The number of para-hydroxylation sites is 3. The normalized spacial score (nSPS) is 11.3. The molecule has 0 aliphatic carbocycles. The molecule has 0 bridgehead atoms. The number of hydrogen-bond donors (Lipinski definition) is 0. The number of carbonyl (C=O) groups is 1. The molecular formula is C20H20N4OS2. The van der Waals surface area contributed by atoms with Crippen LogP contribution >= 0.6 is 23.1 Å². The smallest absolute Gasteiger partial charge is 0.233 e. The third-order valence-electron chi connectivity index (χ3n) is 4.40. The zero-order valence-electron chi connectivity index (χ0n) is 15.3. The fourth-order valence-electron chi connectivity index (χ4n) is 2.98. The molecule has 4 aromatic rings. The summed E-state index contributed by atoms with van der Waals surface area (Å²) in [6.45, 7) is 3.46. The molecule has 0 aliphatic rings. The first kappa shape index (κ1) is 18.0. The molecule has 0 radical (unpaired) electrons. The number of nitrogens with zero attached hydrogens (tertiary/aromatic N) is 4. The molecular weight excluding hydrogens is 376 g/mol. The maximum atomic E-state index is 12.6. The number of hydrogen-bond acceptors (Lipinski definition) is 5. The van der Waals surface area contributed by atoms with Crippen LogP contribution in [0.1, 0.15) is 11.9 Å². The standard InChI is InChI=1S/C20H20N4OS2/c1-3-24-16-10-6-4-8-14(16)22-20(24)26-13-19(25)23(2)12-18-21-15-9-5-7-11-17(15)27-18/h4-11H,3,12-13H2,1-2H3. The molecule has 0 saturated heterocycles. The molecule has 0 fully saturated rings. The van der Waals surface area contributed by atoms with E-state index < -0.39 is 0 Å². The van der Waals surface area contributed by atoms with Crippen LogP contribution in [0.15, 0.2) is 53.7 Å². The molecule has 27 heavy (non-hydrogen) atoms. The SMILES string of the molecule is CCn1c(SCC(=O)N(C)Cc2nc3ccccc3s2)nc2ccccc21. The van der Waals surface area contributed by atoms with E-state index in [0.717, 1.165) is 38.0 Å². The van der Waals surface area contributed by atoms with Gasteiger partial charge in [0.1, 0.15) is 5.01 Å². The molecule has 0 N–H and O–H groups in total. The summed E-state index contributed by atoms with van der Waals surface area (Å²) in [7, 11) is 1.83. The molecule has 138 valence electrons. The van der Waals surface area contributed by atoms with E-state index in [1.165, 1.54) is 11.8 Å². The van der Waals surface area contributed by atoms with Gasteiger partial charge < -0.3 is 9.47 Å². The summed E-state index contributed by atoms with van der Waals surface area (Å²) < 4.78 is 3.31. The van der Waals surface area contributed by atoms with E-state index in [1.807, 2.05) is 43.4 Å². The Morgan fingerprint density at radius 1 is 1.11 bits per heavy atom. The first-order chi connectivity index (χ1) is 13.2. The lowest BCUT2D eigenvalue weighted by Crippen LogP contribution is -2.27. The molecule has 0 aliphatic heterocycles. The van der Waals surface area contributed by atoms with Crippen LogP contribution in [0.25, 0.3) is 21.3 Å². The maximum absolute atomic E-state index is 12.6. The van der Waals surface area contributed by atoms with Crippen molar-refractivity contribution in [3.63, 3.8) is 0 Å². The zero-order chi connectivity index (χ0) is 18.8. The van der Waals surface area contributed by atoms with Gasteiger partial charge in [0.2, 0.25) is 5.91 Å². The summed E-state index contributed by atoms with van der Waals surface area (Å²) >= 11 is 3.13. The van der Waals surface area contributed by atoms with Crippen molar-refractivity contribution in [1.82, 2.24) is 19.4 Å². The Balaban J connectivity index is 1.43. The summed E-state index contributed by atoms with van der Waals surface area (Å²) in [4.78, 5) is 23.6. The Labute approximate surface area is 166 Å². The fraction of sp³-hybridized carbons (Fsp3) is 0.250. The lowest BCUT2D eigenvalue weighted by molar-refractivity contribution is -0.127. The number of thiazole rings is 1. The van der Waals surface area contributed by atoms with Crippen molar-refractivity contribution >= 4 is 50.3 Å². The maximum Gasteiger partial charge on any atom is 0.233 e. The summed E-state index contributed by atoms with van der Waals surface area (Å²) in [5.41, 5.74) is 3.07. The fourth-order valence-corrected chi connectivity index (χ4v) is 5.02. The van der Waals surface area contributed by atoms with Crippen molar-refractivity contribution < 1.29 is 4.79 Å². The van der Waals surface area contributed by atoms with Gasteiger partial charge in [0.25, 0.3) is 0 Å². The molecule has 5 nitrogen and oxygen atoms in total. The van der Waals surface area contributed by atoms with Crippen molar-refractivity contribution in [2.75, 3.05) is 12.8 Å². The highest BCUT2D eigenvalue weighted by molar-refractivity contribution is 7.99. The van der Waals surface area contributed by atoms with Gasteiger partial charge in [0.05, 0.1) is 33.5 Å². The second kappa shape index (κ2) is 7.70. The minimum atomic E-state index is 0.0777. The van der Waals surface area contributed by atoms with E-state index in [-0.39, 0.29) is 5.91 Å². The summed E-state index contributed by atoms with van der Waals surface area (Å²) in [5.74, 6) is 0.444. The number of thioether (sulfide) groups is 1. The Kier molecular flexibility index (Phi) is 5.13. The van der Waals surface area contributed by atoms with E-state index in [0.29, 0.717) is 12.3 Å². The van der Waals surface area contributed by atoms with Crippen molar-refractivity contribution in [3.05, 3.63) is 53.5 Å². The van der Waals surface area contributed by atoms with Crippen molar-refractivity contribution in [2.45, 2.75) is 25.2 Å². The quantitative estimate of drug-likeness (QED) is 0.453. The van der Waals surface area contributed by atoms with Gasteiger partial charge in [-0.05, 0) is 31.2 Å². The van der Waals surface area contributed by atoms with Gasteiger partial charge in [0.15, 0.2) is 5.16 Å². The highest BCUT2D eigenvalue weighted by atomic mass is 32.2. The minimum absolute atomic E-state index is 0.0777. The molecule has 0 unspecified atom stereocenters. The second-order valence-electron chi connectivity index (χ2n) is 6.24. The van der Waals surface area contributed by atoms with Gasteiger partial charge in [-0.2, -0.15) is 0 Å². The van der Waals surface area contributed by atoms with Gasteiger partial charge in [-0.15, -0.1) is 11.3 Å². The van der Waals surface area contributed by atoms with Crippen molar-refractivity contribution in [1.29, 1.82) is 0 Å². The van der Waals surface area contributed by atoms with Crippen LogP contribution in [0.4, 0.5) is 0 Å². The molecule has 2 heterocycles. The molecule has 2 aromatic carbocycles. The summed E-state index contributed by atoms with van der Waals surface area (Å²) in [5, 5.41) is 1.85. The number of rotatable bonds is 6. The van der Waals surface area contributed by atoms with Gasteiger partial charge >= 0.3 is 0 Å². The summed E-state index contributed by atoms with van der Waals surface area (Å²) in [6.07, 6.45) is 0. The molecule has 0 atom stereocenters. The number of imidazole rings is 1. The zero-order valence-corrected chi connectivity index (χ0v) is 16.9. The van der Waals surface area contributed by atoms with E-state index in [2.05, 4.69) is 33.6 Å². The first-order valence-electron chi connectivity index (χ1n) is 8.82. The summed E-state index contributed by atoms with van der Waals surface area (Å²) in [6, 6.07) is 16.1. The lowest BCUT2D eigenvalue weighted by Gasteiger charge is -2.15. The predicted molar refractivity (Wildman–Crippen MR) is 112 cm³/mol. The molecule has 0 spiro atoms. The Hall–Kier alpha value is -2.38. The lowest BCUT2D eigenvalue weighted by atomic mass is 10.3. The minimum Gasteiger partial charge on any atom is -0.338 e. The van der Waals surface area contributed by atoms with Crippen molar-refractivity contribution in [3.8, 4) is 0 Å². The third kappa shape index (κ3) is 3.70. The Bertz CT molecular complexity index is 1070. The number of aryl methyl sites for hydroxylation is 1. The average molecular weight is 397 g/mol. The highest BCUT2D eigenvalue weighted by Gasteiger charge is 2.15. The van der Waals surface area contributed by atoms with Gasteiger partial charge in [-0.25, -0.2) is 9.97 Å². The van der Waals surface area contributed by atoms with Gasteiger partial charge in [0, 0.05) is 13.6 Å². The van der Waals surface area contributed by atoms with Gasteiger partial charge in [-0.3, -0.25) is 4.79 Å². The Morgan fingerprint density at radius 3 is 2.63 bits per heavy atom. The topological polar surface area (TPSA) is 51.0 Å². The first-order valence-corrected chi connectivity index (χ1v) is 10.6. The predicted octanol–water partition coefficient (Wildman–Crippen LogP) is 4.42.